The van der Waals surface area contributed by atoms with Gasteiger partial charge in [0.05, 0.1) is 29.5 Å². The molecule has 0 bridgehead atoms. The SMILES string of the molecule is CNC(c1ccc(OC)cc1)c1c(Br)cnn1C(C)C. The Bertz CT molecular complexity index is 563. The lowest BCUT2D eigenvalue weighted by Gasteiger charge is -2.21. The molecule has 5 heteroatoms. The maximum absolute atomic E-state index is 5.21. The number of nitrogens with zero attached hydrogens (tertiary/aromatic N) is 2. The molecule has 0 saturated heterocycles. The molecule has 0 aliphatic heterocycles. The van der Waals surface area contributed by atoms with E-state index in [9.17, 15) is 0 Å². The summed E-state index contributed by atoms with van der Waals surface area (Å²) in [6.45, 7) is 4.26. The molecule has 1 aromatic heterocycles. The summed E-state index contributed by atoms with van der Waals surface area (Å²) >= 11 is 3.60. The van der Waals surface area contributed by atoms with E-state index in [-0.39, 0.29) is 6.04 Å². The third kappa shape index (κ3) is 2.88. The molecule has 108 valence electrons. The largest absolute Gasteiger partial charge is 0.497 e. The number of hydrogen-bond acceptors (Lipinski definition) is 3. The van der Waals surface area contributed by atoms with Gasteiger partial charge in [0.15, 0.2) is 0 Å². The molecule has 0 aliphatic rings. The average Bonchev–Trinajstić information content (AvgIpc) is 2.83. The predicted octanol–water partition coefficient (Wildman–Crippen LogP) is 3.54. The van der Waals surface area contributed by atoms with Crippen LogP contribution in [0.5, 0.6) is 5.75 Å². The van der Waals surface area contributed by atoms with Crippen LogP contribution in [0.3, 0.4) is 0 Å². The van der Waals surface area contributed by atoms with Gasteiger partial charge in [0.25, 0.3) is 0 Å². The van der Waals surface area contributed by atoms with Crippen molar-refractivity contribution in [1.82, 2.24) is 15.1 Å². The van der Waals surface area contributed by atoms with Crippen molar-refractivity contribution in [3.05, 3.63) is 46.2 Å². The van der Waals surface area contributed by atoms with Gasteiger partial charge in [-0.3, -0.25) is 4.68 Å². The van der Waals surface area contributed by atoms with E-state index in [1.807, 2.05) is 30.1 Å². The molecule has 1 aromatic carbocycles. The summed E-state index contributed by atoms with van der Waals surface area (Å²) in [7, 11) is 3.63. The molecule has 1 atom stereocenters. The van der Waals surface area contributed by atoms with Crippen LogP contribution in [0.15, 0.2) is 34.9 Å². The summed E-state index contributed by atoms with van der Waals surface area (Å²) in [5.41, 5.74) is 2.31. The Kier molecular flexibility index (Phi) is 4.83. The van der Waals surface area contributed by atoms with E-state index in [0.717, 1.165) is 15.9 Å². The molecular weight excluding hydrogens is 318 g/mol. The number of nitrogens with one attached hydrogen (secondary N) is 1. The molecule has 0 radical (unpaired) electrons. The third-order valence-electron chi connectivity index (χ3n) is 3.29. The molecule has 1 N–H and O–H groups in total. The minimum Gasteiger partial charge on any atom is -0.497 e. The Morgan fingerprint density at radius 3 is 2.40 bits per heavy atom. The Morgan fingerprint density at radius 2 is 1.90 bits per heavy atom. The average molecular weight is 338 g/mol. The van der Waals surface area contributed by atoms with Crippen molar-refractivity contribution in [2.24, 2.45) is 0 Å². The van der Waals surface area contributed by atoms with Gasteiger partial charge in [-0.1, -0.05) is 12.1 Å². The lowest BCUT2D eigenvalue weighted by Crippen LogP contribution is -2.22. The summed E-state index contributed by atoms with van der Waals surface area (Å²) in [5.74, 6) is 0.861. The summed E-state index contributed by atoms with van der Waals surface area (Å²) in [6.07, 6.45) is 1.85. The molecule has 0 fully saturated rings. The van der Waals surface area contributed by atoms with Gasteiger partial charge < -0.3 is 10.1 Å². The zero-order chi connectivity index (χ0) is 14.7. The van der Waals surface area contributed by atoms with Crippen molar-refractivity contribution in [3.8, 4) is 5.75 Å². The van der Waals surface area contributed by atoms with Crippen LogP contribution in [0.4, 0.5) is 0 Å². The van der Waals surface area contributed by atoms with E-state index in [2.05, 4.69) is 52.3 Å². The van der Waals surface area contributed by atoms with E-state index in [4.69, 9.17) is 4.74 Å². The highest BCUT2D eigenvalue weighted by molar-refractivity contribution is 9.10. The van der Waals surface area contributed by atoms with E-state index in [1.54, 1.807) is 7.11 Å². The minimum atomic E-state index is 0.0835. The van der Waals surface area contributed by atoms with Gasteiger partial charge in [0.2, 0.25) is 0 Å². The fraction of sp³-hybridized carbons (Fsp3) is 0.400. The Morgan fingerprint density at radius 1 is 1.25 bits per heavy atom. The highest BCUT2D eigenvalue weighted by Gasteiger charge is 2.21. The molecule has 2 aromatic rings. The normalized spacial score (nSPS) is 12.7. The van der Waals surface area contributed by atoms with Gasteiger partial charge in [0.1, 0.15) is 5.75 Å². The highest BCUT2D eigenvalue weighted by atomic mass is 79.9. The fourth-order valence-electron chi connectivity index (χ4n) is 2.29. The summed E-state index contributed by atoms with van der Waals surface area (Å²) in [6, 6.07) is 8.49. The molecule has 0 spiro atoms. The van der Waals surface area contributed by atoms with Crippen molar-refractivity contribution in [2.45, 2.75) is 25.9 Å². The van der Waals surface area contributed by atoms with E-state index in [0.29, 0.717) is 6.04 Å². The number of ether oxygens (including phenoxy) is 1. The molecule has 0 saturated carbocycles. The standard InChI is InChI=1S/C15H20BrN3O/c1-10(2)19-15(13(16)9-18-19)14(17-3)11-5-7-12(20-4)8-6-11/h5-10,14,17H,1-4H3. The van der Waals surface area contributed by atoms with E-state index in [1.165, 1.54) is 5.56 Å². The van der Waals surface area contributed by atoms with Crippen LogP contribution in [0.25, 0.3) is 0 Å². The Hall–Kier alpha value is -1.33. The van der Waals surface area contributed by atoms with Crippen LogP contribution in [0.2, 0.25) is 0 Å². The second-order valence-electron chi connectivity index (χ2n) is 4.91. The summed E-state index contributed by atoms with van der Waals surface area (Å²) < 4.78 is 8.26. The van der Waals surface area contributed by atoms with Crippen molar-refractivity contribution < 1.29 is 4.74 Å². The Labute approximate surface area is 128 Å². The molecule has 1 unspecified atom stereocenters. The minimum absolute atomic E-state index is 0.0835. The molecule has 2 rings (SSSR count). The number of aromatic nitrogens is 2. The van der Waals surface area contributed by atoms with Crippen molar-refractivity contribution in [2.75, 3.05) is 14.2 Å². The van der Waals surface area contributed by atoms with Crippen molar-refractivity contribution in [3.63, 3.8) is 0 Å². The first-order chi connectivity index (χ1) is 9.58. The fourth-order valence-corrected chi connectivity index (χ4v) is 2.79. The Balaban J connectivity index is 2.43. The first-order valence-corrected chi connectivity index (χ1v) is 7.42. The van der Waals surface area contributed by atoms with Crippen LogP contribution >= 0.6 is 15.9 Å². The zero-order valence-electron chi connectivity index (χ0n) is 12.2. The molecule has 0 aliphatic carbocycles. The van der Waals surface area contributed by atoms with Gasteiger partial charge in [-0.05, 0) is 54.5 Å². The van der Waals surface area contributed by atoms with Crippen LogP contribution in [0.1, 0.15) is 37.2 Å². The number of benzene rings is 1. The second-order valence-corrected chi connectivity index (χ2v) is 5.77. The maximum Gasteiger partial charge on any atom is 0.118 e. The van der Waals surface area contributed by atoms with Gasteiger partial charge >= 0.3 is 0 Å². The van der Waals surface area contributed by atoms with Crippen LogP contribution in [-0.4, -0.2) is 23.9 Å². The first kappa shape index (κ1) is 15.1. The first-order valence-electron chi connectivity index (χ1n) is 6.62. The van der Waals surface area contributed by atoms with Crippen LogP contribution < -0.4 is 10.1 Å². The number of rotatable bonds is 5. The van der Waals surface area contributed by atoms with Crippen molar-refractivity contribution >= 4 is 15.9 Å². The highest BCUT2D eigenvalue weighted by Crippen LogP contribution is 2.31. The lowest BCUT2D eigenvalue weighted by molar-refractivity contribution is 0.414. The molecule has 20 heavy (non-hydrogen) atoms. The predicted molar refractivity (Wildman–Crippen MR) is 84.2 cm³/mol. The molecule has 1 heterocycles. The lowest BCUT2D eigenvalue weighted by atomic mass is 10.0. The summed E-state index contributed by atoms with van der Waals surface area (Å²) in [5, 5.41) is 7.81. The summed E-state index contributed by atoms with van der Waals surface area (Å²) in [4.78, 5) is 0. The zero-order valence-corrected chi connectivity index (χ0v) is 13.8. The molecule has 4 nitrogen and oxygen atoms in total. The number of methoxy groups -OCH3 is 1. The second kappa shape index (κ2) is 6.41. The van der Waals surface area contributed by atoms with Gasteiger partial charge in [0, 0.05) is 6.04 Å². The molecular formula is C15H20BrN3O. The smallest absolute Gasteiger partial charge is 0.118 e. The van der Waals surface area contributed by atoms with Crippen LogP contribution in [0, 0.1) is 0 Å². The van der Waals surface area contributed by atoms with Crippen molar-refractivity contribution in [1.29, 1.82) is 0 Å². The number of hydrogen-bond donors (Lipinski definition) is 1. The topological polar surface area (TPSA) is 39.1 Å². The van der Waals surface area contributed by atoms with Gasteiger partial charge in [-0.25, -0.2) is 0 Å². The number of halogens is 1. The monoisotopic (exact) mass is 337 g/mol. The van der Waals surface area contributed by atoms with Gasteiger partial charge in [-0.15, -0.1) is 0 Å². The quantitative estimate of drug-likeness (QED) is 0.906. The van der Waals surface area contributed by atoms with Crippen LogP contribution in [-0.2, 0) is 0 Å². The van der Waals surface area contributed by atoms with E-state index >= 15 is 0 Å². The maximum atomic E-state index is 5.21. The molecule has 0 amide bonds. The van der Waals surface area contributed by atoms with E-state index < -0.39 is 0 Å². The third-order valence-corrected chi connectivity index (χ3v) is 3.90. The van der Waals surface area contributed by atoms with Gasteiger partial charge in [-0.2, -0.15) is 5.10 Å².